The predicted octanol–water partition coefficient (Wildman–Crippen LogP) is 3.50. The summed E-state index contributed by atoms with van der Waals surface area (Å²) in [7, 11) is 0. The molecule has 3 aromatic rings. The highest BCUT2D eigenvalue weighted by Gasteiger charge is 2.32. The fourth-order valence-corrected chi connectivity index (χ4v) is 3.31. The third kappa shape index (κ3) is 7.06. The molecule has 178 valence electrons. The summed E-state index contributed by atoms with van der Waals surface area (Å²) in [5.74, 6) is 0.282. The van der Waals surface area contributed by atoms with Gasteiger partial charge in [0.15, 0.2) is 6.10 Å². The fraction of sp³-hybridized carbons (Fsp3) is 0.231. The van der Waals surface area contributed by atoms with Gasteiger partial charge in [-0.15, -0.1) is 0 Å². The van der Waals surface area contributed by atoms with E-state index in [1.54, 1.807) is 78.9 Å². The van der Waals surface area contributed by atoms with E-state index in [-0.39, 0.29) is 26.2 Å². The number of carbonyl (C=O) groups excluding carboxylic acids is 2. The molecule has 0 fully saturated rings. The molecule has 8 nitrogen and oxygen atoms in total. The van der Waals surface area contributed by atoms with Crippen molar-refractivity contribution in [1.29, 1.82) is 0 Å². The molecule has 0 aliphatic rings. The summed E-state index contributed by atoms with van der Waals surface area (Å²) >= 11 is 0. The van der Waals surface area contributed by atoms with Crippen molar-refractivity contribution in [2.75, 3.05) is 19.8 Å². The number of rotatable bonds is 11. The number of imide groups is 1. The first kappa shape index (κ1) is 24.8. The van der Waals surface area contributed by atoms with Crippen LogP contribution < -0.4 is 14.8 Å². The molecule has 3 N–H and O–H groups in total. The number of hydrogen-bond donors (Lipinski definition) is 3. The van der Waals surface area contributed by atoms with Crippen LogP contribution in [0, 0.1) is 0 Å². The Balaban J connectivity index is 1.89. The summed E-state index contributed by atoms with van der Waals surface area (Å²) in [6.07, 6.45) is -2.68. The summed E-state index contributed by atoms with van der Waals surface area (Å²) in [6, 6.07) is 24.0. The number of ether oxygens (including phenoxy) is 3. The van der Waals surface area contributed by atoms with Crippen LogP contribution >= 0.6 is 0 Å². The van der Waals surface area contributed by atoms with Gasteiger partial charge < -0.3 is 24.4 Å². The summed E-state index contributed by atoms with van der Waals surface area (Å²) in [4.78, 5) is 25.2. The highest BCUT2D eigenvalue weighted by molar-refractivity contribution is 6.02. The van der Waals surface area contributed by atoms with Crippen LogP contribution in [-0.2, 0) is 4.74 Å². The maximum absolute atomic E-state index is 12.7. The van der Waals surface area contributed by atoms with Crippen molar-refractivity contribution in [1.82, 2.24) is 5.32 Å². The van der Waals surface area contributed by atoms with Gasteiger partial charge in [0, 0.05) is 24.2 Å². The number of alkyl carbamates (subject to hydrolysis) is 1. The number of aliphatic hydroxyl groups is 2. The summed E-state index contributed by atoms with van der Waals surface area (Å²) in [6.45, 7) is -0.402. The van der Waals surface area contributed by atoms with Crippen LogP contribution in [-0.4, -0.2) is 48.1 Å². The molecule has 0 unspecified atom stereocenters. The van der Waals surface area contributed by atoms with E-state index in [9.17, 15) is 19.8 Å². The van der Waals surface area contributed by atoms with Crippen LogP contribution in [0.1, 0.15) is 28.4 Å². The number of hydrogen-bond acceptors (Lipinski definition) is 7. The molecule has 2 atom stereocenters. The average molecular weight is 466 g/mol. The lowest BCUT2D eigenvalue weighted by atomic mass is 10.0. The summed E-state index contributed by atoms with van der Waals surface area (Å²) < 4.78 is 17.4. The van der Waals surface area contributed by atoms with Crippen molar-refractivity contribution in [2.45, 2.75) is 18.6 Å². The summed E-state index contributed by atoms with van der Waals surface area (Å²) in [5.41, 5.74) is 0.766. The van der Waals surface area contributed by atoms with E-state index in [0.717, 1.165) is 0 Å². The van der Waals surface area contributed by atoms with E-state index >= 15 is 0 Å². The van der Waals surface area contributed by atoms with Gasteiger partial charge in [-0.2, -0.15) is 0 Å². The molecule has 0 aliphatic carbocycles. The third-order valence-electron chi connectivity index (χ3n) is 4.84. The molecule has 0 heterocycles. The Kier molecular flexibility index (Phi) is 9.45. The zero-order valence-electron chi connectivity index (χ0n) is 18.5. The minimum atomic E-state index is -1.04. The monoisotopic (exact) mass is 465 g/mol. The zero-order valence-corrected chi connectivity index (χ0v) is 18.5. The van der Waals surface area contributed by atoms with Gasteiger partial charge in [0.25, 0.3) is 5.91 Å². The second-order valence-corrected chi connectivity index (χ2v) is 7.24. The number of para-hydroxylation sites is 2. The summed E-state index contributed by atoms with van der Waals surface area (Å²) in [5, 5.41) is 21.1. The third-order valence-corrected chi connectivity index (χ3v) is 4.84. The van der Waals surface area contributed by atoms with Gasteiger partial charge in [-0.1, -0.05) is 54.6 Å². The number of nitrogens with one attached hydrogen (secondary N) is 1. The number of amides is 2. The molecule has 34 heavy (non-hydrogen) atoms. The molecule has 0 saturated heterocycles. The van der Waals surface area contributed by atoms with Crippen LogP contribution in [0.5, 0.6) is 11.5 Å². The van der Waals surface area contributed by atoms with Crippen LogP contribution in [0.4, 0.5) is 4.79 Å². The van der Waals surface area contributed by atoms with E-state index < -0.39 is 24.2 Å². The topological polar surface area (TPSA) is 114 Å². The van der Waals surface area contributed by atoms with E-state index in [1.165, 1.54) is 0 Å². The van der Waals surface area contributed by atoms with E-state index in [4.69, 9.17) is 14.2 Å². The fourth-order valence-electron chi connectivity index (χ4n) is 3.31. The van der Waals surface area contributed by atoms with Crippen LogP contribution in [0.15, 0.2) is 84.9 Å². The average Bonchev–Trinajstić information content (AvgIpc) is 2.87. The predicted molar refractivity (Wildman–Crippen MR) is 125 cm³/mol. The molecule has 0 saturated carbocycles. The van der Waals surface area contributed by atoms with Gasteiger partial charge in [0.05, 0.1) is 6.61 Å². The zero-order chi connectivity index (χ0) is 24.2. The number of aliphatic hydroxyl groups excluding tert-OH is 2. The van der Waals surface area contributed by atoms with Crippen molar-refractivity contribution in [2.24, 2.45) is 0 Å². The van der Waals surface area contributed by atoms with Gasteiger partial charge in [-0.25, -0.2) is 4.79 Å². The Hall–Kier alpha value is -3.88. The first-order chi connectivity index (χ1) is 16.6. The molecule has 3 rings (SSSR count). The molecule has 0 radical (unpaired) electrons. The Morgan fingerprint density at radius 1 is 0.824 bits per heavy atom. The number of benzene rings is 3. The maximum atomic E-state index is 12.7. The highest BCUT2D eigenvalue weighted by atomic mass is 16.6. The van der Waals surface area contributed by atoms with Crippen molar-refractivity contribution in [3.05, 3.63) is 96.1 Å². The lowest BCUT2D eigenvalue weighted by Gasteiger charge is -2.29. The molecule has 0 aliphatic heterocycles. The smallest absolute Gasteiger partial charge is 0.414 e. The van der Waals surface area contributed by atoms with E-state index in [0.29, 0.717) is 22.6 Å². The van der Waals surface area contributed by atoms with Crippen LogP contribution in [0.3, 0.4) is 0 Å². The van der Waals surface area contributed by atoms with E-state index in [1.807, 2.05) is 6.07 Å². The molecule has 3 aromatic carbocycles. The normalized spacial score (nSPS) is 12.3. The molecular formula is C26H27NO7. The van der Waals surface area contributed by atoms with Crippen LogP contribution in [0.2, 0.25) is 0 Å². The van der Waals surface area contributed by atoms with Crippen molar-refractivity contribution in [3.8, 4) is 11.5 Å². The van der Waals surface area contributed by atoms with Crippen molar-refractivity contribution >= 4 is 12.0 Å². The largest absolute Gasteiger partial charge is 0.491 e. The molecule has 0 spiro atoms. The maximum Gasteiger partial charge on any atom is 0.414 e. The van der Waals surface area contributed by atoms with Gasteiger partial charge in [0.1, 0.15) is 24.2 Å². The van der Waals surface area contributed by atoms with Gasteiger partial charge >= 0.3 is 6.09 Å². The Morgan fingerprint density at radius 3 is 2.15 bits per heavy atom. The second-order valence-electron chi connectivity index (χ2n) is 7.24. The lowest BCUT2D eigenvalue weighted by Crippen LogP contribution is -2.37. The van der Waals surface area contributed by atoms with Crippen molar-refractivity contribution in [3.63, 3.8) is 0 Å². The minimum Gasteiger partial charge on any atom is -0.491 e. The Labute approximate surface area is 197 Å². The highest BCUT2D eigenvalue weighted by Crippen LogP contribution is 2.33. The lowest BCUT2D eigenvalue weighted by molar-refractivity contribution is 0.00241. The quantitative estimate of drug-likeness (QED) is 0.397. The SMILES string of the molecule is O=C(NC(=O)c1ccccc1)O[C@H](c1ccccc1OCCO)[C@@H](CCO)Oc1ccccc1. The Morgan fingerprint density at radius 2 is 1.47 bits per heavy atom. The first-order valence-electron chi connectivity index (χ1n) is 10.8. The minimum absolute atomic E-state index is 0.0344. The second kappa shape index (κ2) is 13.0. The molecule has 2 amide bonds. The van der Waals surface area contributed by atoms with E-state index in [2.05, 4.69) is 5.32 Å². The van der Waals surface area contributed by atoms with Crippen LogP contribution in [0.25, 0.3) is 0 Å². The molecule has 8 heteroatoms. The molecular weight excluding hydrogens is 438 g/mol. The standard InChI is InChI=1S/C26H27NO7/c28-16-15-23(33-20-11-5-2-6-12-20)24(21-13-7-8-14-22(21)32-18-17-29)34-26(31)27-25(30)19-9-3-1-4-10-19/h1-14,23-24,28-29H,15-18H2,(H,27,30,31)/t23-,24-/m1/s1. The molecule has 0 aromatic heterocycles. The van der Waals surface area contributed by atoms with Gasteiger partial charge in [-0.3, -0.25) is 10.1 Å². The van der Waals surface area contributed by atoms with Crippen molar-refractivity contribution < 1.29 is 34.0 Å². The molecule has 0 bridgehead atoms. The van der Waals surface area contributed by atoms with Gasteiger partial charge in [-0.05, 0) is 30.3 Å². The Bertz CT molecular complexity index is 1040. The van der Waals surface area contributed by atoms with Gasteiger partial charge in [0.2, 0.25) is 0 Å². The first-order valence-corrected chi connectivity index (χ1v) is 10.8. The number of carbonyl (C=O) groups is 2.